The molecular formula is C23H22Cl2N2O3S. The second-order valence-electron chi connectivity index (χ2n) is 6.67. The lowest BCUT2D eigenvalue weighted by atomic mass is 10.0. The van der Waals surface area contributed by atoms with E-state index in [1.165, 1.54) is 17.3 Å². The minimum Gasteiger partial charge on any atom is -0.462 e. The van der Waals surface area contributed by atoms with Crippen LogP contribution in [0, 0.1) is 0 Å². The number of nitrogens with zero attached hydrogens (tertiary/aromatic N) is 2. The van der Waals surface area contributed by atoms with Crippen LogP contribution in [0.15, 0.2) is 53.7 Å². The van der Waals surface area contributed by atoms with Crippen LogP contribution < -0.4 is 0 Å². The Labute approximate surface area is 196 Å². The highest BCUT2D eigenvalue weighted by Gasteiger charge is 2.24. The first-order valence-electron chi connectivity index (χ1n) is 9.63. The average molecular weight is 477 g/mol. The highest BCUT2D eigenvalue weighted by Crippen LogP contribution is 2.32. The van der Waals surface area contributed by atoms with Gasteiger partial charge in [-0.15, -0.1) is 0 Å². The van der Waals surface area contributed by atoms with Gasteiger partial charge in [0.1, 0.15) is 5.56 Å². The number of halogens is 2. The van der Waals surface area contributed by atoms with Gasteiger partial charge in [0.05, 0.1) is 34.6 Å². The van der Waals surface area contributed by atoms with Crippen LogP contribution in [0.2, 0.25) is 10.0 Å². The van der Waals surface area contributed by atoms with Crippen molar-refractivity contribution in [2.45, 2.75) is 24.6 Å². The van der Waals surface area contributed by atoms with Crippen LogP contribution in [0.4, 0.5) is 0 Å². The lowest BCUT2D eigenvalue weighted by Gasteiger charge is -2.15. The van der Waals surface area contributed by atoms with Crippen molar-refractivity contribution in [2.75, 3.05) is 20.0 Å². The van der Waals surface area contributed by atoms with E-state index in [0.717, 1.165) is 6.42 Å². The van der Waals surface area contributed by atoms with Crippen molar-refractivity contribution >= 4 is 40.9 Å². The molecule has 0 saturated heterocycles. The summed E-state index contributed by atoms with van der Waals surface area (Å²) < 4.78 is 10.9. The first-order chi connectivity index (χ1) is 15.0. The van der Waals surface area contributed by atoms with Gasteiger partial charge in [0.15, 0.2) is 5.16 Å². The summed E-state index contributed by atoms with van der Waals surface area (Å²) in [5.74, 6) is -0.492. The third kappa shape index (κ3) is 6.20. The van der Waals surface area contributed by atoms with E-state index in [1.807, 2.05) is 24.5 Å². The molecule has 8 heteroatoms. The zero-order valence-electron chi connectivity index (χ0n) is 17.2. The van der Waals surface area contributed by atoms with Gasteiger partial charge in [-0.05, 0) is 36.8 Å². The molecule has 0 atom stereocenters. The number of hydrogen-bond acceptors (Lipinski definition) is 6. The summed E-state index contributed by atoms with van der Waals surface area (Å²) in [5, 5.41) is 1.32. The molecule has 0 aliphatic carbocycles. The molecule has 5 nitrogen and oxygen atoms in total. The summed E-state index contributed by atoms with van der Waals surface area (Å²) in [6.07, 6.45) is 3.40. The van der Waals surface area contributed by atoms with Gasteiger partial charge in [0.2, 0.25) is 0 Å². The van der Waals surface area contributed by atoms with Crippen molar-refractivity contribution in [2.24, 2.45) is 0 Å². The molecule has 31 heavy (non-hydrogen) atoms. The van der Waals surface area contributed by atoms with Gasteiger partial charge in [0, 0.05) is 12.7 Å². The topological polar surface area (TPSA) is 61.3 Å². The zero-order chi connectivity index (χ0) is 22.2. The standard InChI is InChI=1S/C23H22Cl2N2O3S/c1-29-14-19-20(22(28)30-12-6-9-15-7-4-3-5-8-15)21(27-23(26-19)31-2)16-10-11-17(24)18(25)13-16/h3-5,7-8,10-11,13H,6,9,12,14H2,1-2H3. The summed E-state index contributed by atoms with van der Waals surface area (Å²) in [5.41, 5.74) is 3.04. The molecule has 0 N–H and O–H groups in total. The molecule has 3 rings (SSSR count). The fourth-order valence-corrected chi connectivity index (χ4v) is 3.72. The van der Waals surface area contributed by atoms with Gasteiger partial charge >= 0.3 is 5.97 Å². The molecule has 0 aliphatic rings. The lowest BCUT2D eigenvalue weighted by Crippen LogP contribution is -2.15. The largest absolute Gasteiger partial charge is 0.462 e. The third-order valence-electron chi connectivity index (χ3n) is 4.51. The van der Waals surface area contributed by atoms with Crippen molar-refractivity contribution in [1.29, 1.82) is 0 Å². The van der Waals surface area contributed by atoms with E-state index in [4.69, 9.17) is 32.7 Å². The highest BCUT2D eigenvalue weighted by atomic mass is 35.5. The Balaban J connectivity index is 1.88. The Morgan fingerprint density at radius 1 is 1.06 bits per heavy atom. The third-order valence-corrected chi connectivity index (χ3v) is 5.80. The van der Waals surface area contributed by atoms with E-state index in [9.17, 15) is 4.79 Å². The van der Waals surface area contributed by atoms with Crippen LogP contribution in [-0.4, -0.2) is 35.9 Å². The number of esters is 1. The van der Waals surface area contributed by atoms with Crippen LogP contribution in [0.1, 0.15) is 28.0 Å². The van der Waals surface area contributed by atoms with Crippen molar-refractivity contribution in [3.05, 3.63) is 75.4 Å². The van der Waals surface area contributed by atoms with Gasteiger partial charge in [-0.1, -0.05) is 71.4 Å². The number of benzene rings is 2. The SMILES string of the molecule is COCc1nc(SC)nc(-c2ccc(Cl)c(Cl)c2)c1C(=O)OCCCc1ccccc1. The van der Waals surface area contributed by atoms with Crippen LogP contribution in [0.3, 0.4) is 0 Å². The fraction of sp³-hybridized carbons (Fsp3) is 0.261. The maximum Gasteiger partial charge on any atom is 0.342 e. The van der Waals surface area contributed by atoms with E-state index in [1.54, 1.807) is 25.3 Å². The molecule has 0 amide bonds. The summed E-state index contributed by atoms with van der Waals surface area (Å²) in [7, 11) is 1.55. The predicted molar refractivity (Wildman–Crippen MR) is 125 cm³/mol. The number of aryl methyl sites for hydroxylation is 1. The first-order valence-corrected chi connectivity index (χ1v) is 11.6. The van der Waals surface area contributed by atoms with E-state index in [2.05, 4.69) is 22.1 Å². The molecule has 1 aromatic heterocycles. The molecule has 0 unspecified atom stereocenters. The minimum atomic E-state index is -0.492. The maximum atomic E-state index is 13.1. The number of carbonyl (C=O) groups excluding carboxylic acids is 1. The van der Waals surface area contributed by atoms with Crippen molar-refractivity contribution < 1.29 is 14.3 Å². The second-order valence-corrected chi connectivity index (χ2v) is 8.26. The fourth-order valence-electron chi connectivity index (χ4n) is 3.04. The van der Waals surface area contributed by atoms with Gasteiger partial charge in [-0.2, -0.15) is 0 Å². The lowest BCUT2D eigenvalue weighted by molar-refractivity contribution is 0.0495. The van der Waals surface area contributed by atoms with Gasteiger partial charge in [0.25, 0.3) is 0 Å². The van der Waals surface area contributed by atoms with Gasteiger partial charge < -0.3 is 9.47 Å². The Kier molecular flexibility index (Phi) is 8.72. The molecular weight excluding hydrogens is 455 g/mol. The van der Waals surface area contributed by atoms with E-state index >= 15 is 0 Å². The Morgan fingerprint density at radius 2 is 1.84 bits per heavy atom. The van der Waals surface area contributed by atoms with Crippen LogP contribution in [-0.2, 0) is 22.5 Å². The number of aromatic nitrogens is 2. The molecule has 3 aromatic rings. The quantitative estimate of drug-likeness (QED) is 0.160. The molecule has 2 aromatic carbocycles. The number of rotatable bonds is 9. The summed E-state index contributed by atoms with van der Waals surface area (Å²) in [4.78, 5) is 22.1. The Bertz CT molecular complexity index is 1050. The van der Waals surface area contributed by atoms with Gasteiger partial charge in [-0.3, -0.25) is 0 Å². The van der Waals surface area contributed by atoms with Crippen LogP contribution >= 0.6 is 35.0 Å². The van der Waals surface area contributed by atoms with E-state index < -0.39 is 5.97 Å². The number of thioether (sulfide) groups is 1. The van der Waals surface area contributed by atoms with Crippen molar-refractivity contribution in [3.8, 4) is 11.3 Å². The highest BCUT2D eigenvalue weighted by molar-refractivity contribution is 7.98. The second kappa shape index (κ2) is 11.5. The molecule has 0 saturated carbocycles. The summed E-state index contributed by atoms with van der Waals surface area (Å²) >= 11 is 13.6. The normalized spacial score (nSPS) is 10.8. The molecule has 0 aliphatic heterocycles. The molecule has 1 heterocycles. The van der Waals surface area contributed by atoms with E-state index in [0.29, 0.717) is 38.6 Å². The number of carbonyl (C=O) groups is 1. The number of ether oxygens (including phenoxy) is 2. The molecule has 162 valence electrons. The minimum absolute atomic E-state index is 0.152. The van der Waals surface area contributed by atoms with Gasteiger partial charge in [-0.25, -0.2) is 14.8 Å². The van der Waals surface area contributed by atoms with E-state index in [-0.39, 0.29) is 18.8 Å². The molecule has 0 spiro atoms. The number of hydrogen-bond donors (Lipinski definition) is 0. The zero-order valence-corrected chi connectivity index (χ0v) is 19.6. The summed E-state index contributed by atoms with van der Waals surface area (Å²) in [6, 6.07) is 15.2. The van der Waals surface area contributed by atoms with Crippen LogP contribution in [0.25, 0.3) is 11.3 Å². The summed E-state index contributed by atoms with van der Waals surface area (Å²) in [6.45, 7) is 0.435. The molecule has 0 radical (unpaired) electrons. The predicted octanol–water partition coefficient (Wildman–Crippen LogP) is 6.11. The monoisotopic (exact) mass is 476 g/mol. The average Bonchev–Trinajstić information content (AvgIpc) is 2.78. The Hall–Kier alpha value is -2.12. The molecule has 0 bridgehead atoms. The number of methoxy groups -OCH3 is 1. The Morgan fingerprint density at radius 3 is 2.52 bits per heavy atom. The molecule has 0 fully saturated rings. The van der Waals surface area contributed by atoms with Crippen LogP contribution in [0.5, 0.6) is 0 Å². The van der Waals surface area contributed by atoms with Crippen molar-refractivity contribution in [3.63, 3.8) is 0 Å². The first kappa shape index (κ1) is 23.5. The smallest absolute Gasteiger partial charge is 0.342 e. The van der Waals surface area contributed by atoms with Crippen molar-refractivity contribution in [1.82, 2.24) is 9.97 Å². The maximum absolute atomic E-state index is 13.1.